The van der Waals surface area contributed by atoms with E-state index in [-0.39, 0.29) is 0 Å². The second-order valence-corrected chi connectivity index (χ2v) is 4.59. The molecule has 0 spiro atoms. The number of carbonyl (C=O) groups is 1. The summed E-state index contributed by atoms with van der Waals surface area (Å²) in [6.45, 7) is 9.11. The van der Waals surface area contributed by atoms with Crippen LogP contribution in [0.5, 0.6) is 0 Å². The van der Waals surface area contributed by atoms with Crippen LogP contribution >= 0.6 is 0 Å². The number of carboxylic acid groups (broad SMARTS) is 1. The minimum atomic E-state index is -0.657. The van der Waals surface area contributed by atoms with Crippen molar-refractivity contribution < 1.29 is 9.90 Å². The summed E-state index contributed by atoms with van der Waals surface area (Å²) in [5.41, 5.74) is 1.22. The molecule has 0 atom stereocenters. The van der Waals surface area contributed by atoms with Gasteiger partial charge in [-0.2, -0.15) is 0 Å². The molecule has 15 heavy (non-hydrogen) atoms. The van der Waals surface area contributed by atoms with Crippen molar-refractivity contribution in [1.82, 2.24) is 4.90 Å². The lowest BCUT2D eigenvalue weighted by Gasteiger charge is -2.31. The van der Waals surface area contributed by atoms with E-state index >= 15 is 0 Å². The molecule has 0 unspecified atom stereocenters. The normalized spacial score (nSPS) is 19.0. The third kappa shape index (κ3) is 4.98. The summed E-state index contributed by atoms with van der Waals surface area (Å²) in [6.07, 6.45) is 3.46. The molecule has 0 saturated carbocycles. The molecule has 1 fully saturated rings. The van der Waals surface area contributed by atoms with Crippen molar-refractivity contribution in [3.63, 3.8) is 0 Å². The molecule has 0 aromatic carbocycles. The Bertz CT molecular complexity index is 230. The second-order valence-electron chi connectivity index (χ2n) is 4.59. The lowest BCUT2D eigenvalue weighted by Crippen LogP contribution is -2.35. The molecule has 0 aromatic heterocycles. The molecule has 1 aliphatic heterocycles. The van der Waals surface area contributed by atoms with E-state index in [0.29, 0.717) is 12.3 Å². The number of likely N-dealkylation sites (tertiary alicyclic amines) is 1. The van der Waals surface area contributed by atoms with E-state index in [0.717, 1.165) is 38.9 Å². The van der Waals surface area contributed by atoms with Crippen LogP contribution in [0.2, 0.25) is 0 Å². The highest BCUT2D eigenvalue weighted by atomic mass is 16.4. The molecule has 3 nitrogen and oxygen atoms in total. The Kier molecular flexibility index (Phi) is 4.82. The molecule has 1 saturated heterocycles. The monoisotopic (exact) mass is 211 g/mol. The molecular weight excluding hydrogens is 190 g/mol. The van der Waals surface area contributed by atoms with Crippen LogP contribution in [0.3, 0.4) is 0 Å². The van der Waals surface area contributed by atoms with Gasteiger partial charge in [-0.05, 0) is 45.2 Å². The number of piperidine rings is 1. The highest BCUT2D eigenvalue weighted by molar-refractivity contribution is 5.67. The molecule has 0 aromatic rings. The van der Waals surface area contributed by atoms with Crippen LogP contribution in [0, 0.1) is 5.92 Å². The summed E-state index contributed by atoms with van der Waals surface area (Å²) in [5.74, 6) is -0.265. The SMILES string of the molecule is C=C(C)CCN1CCC(CC(=O)O)CC1. The molecule has 1 heterocycles. The fourth-order valence-corrected chi connectivity index (χ4v) is 2.01. The molecule has 1 N–H and O–H groups in total. The molecule has 0 radical (unpaired) electrons. The van der Waals surface area contributed by atoms with Gasteiger partial charge in [-0.25, -0.2) is 0 Å². The van der Waals surface area contributed by atoms with Crippen molar-refractivity contribution in [1.29, 1.82) is 0 Å². The summed E-state index contributed by atoms with van der Waals surface area (Å²) >= 11 is 0. The molecule has 1 rings (SSSR count). The maximum atomic E-state index is 10.5. The van der Waals surface area contributed by atoms with Gasteiger partial charge in [0.2, 0.25) is 0 Å². The number of aliphatic carboxylic acids is 1. The van der Waals surface area contributed by atoms with Gasteiger partial charge in [0.05, 0.1) is 0 Å². The van der Waals surface area contributed by atoms with E-state index in [1.165, 1.54) is 5.57 Å². The Morgan fingerprint density at radius 1 is 1.47 bits per heavy atom. The molecule has 0 aliphatic carbocycles. The molecule has 86 valence electrons. The van der Waals surface area contributed by atoms with Gasteiger partial charge in [-0.1, -0.05) is 5.57 Å². The van der Waals surface area contributed by atoms with Crippen molar-refractivity contribution in [3.8, 4) is 0 Å². The summed E-state index contributed by atoms with van der Waals surface area (Å²) in [5, 5.41) is 8.68. The Morgan fingerprint density at radius 2 is 2.07 bits per heavy atom. The Morgan fingerprint density at radius 3 is 2.53 bits per heavy atom. The van der Waals surface area contributed by atoms with E-state index in [4.69, 9.17) is 5.11 Å². The van der Waals surface area contributed by atoms with Gasteiger partial charge in [-0.3, -0.25) is 4.79 Å². The van der Waals surface area contributed by atoms with Gasteiger partial charge >= 0.3 is 5.97 Å². The van der Waals surface area contributed by atoms with Gasteiger partial charge in [-0.15, -0.1) is 6.58 Å². The zero-order chi connectivity index (χ0) is 11.3. The Labute approximate surface area is 91.8 Å². The second kappa shape index (κ2) is 5.91. The molecule has 0 bridgehead atoms. The van der Waals surface area contributed by atoms with E-state index in [1.54, 1.807) is 0 Å². The first-order chi connectivity index (χ1) is 7.08. The van der Waals surface area contributed by atoms with Crippen molar-refractivity contribution in [3.05, 3.63) is 12.2 Å². The van der Waals surface area contributed by atoms with Gasteiger partial charge in [0.25, 0.3) is 0 Å². The van der Waals surface area contributed by atoms with Gasteiger partial charge < -0.3 is 10.0 Å². The van der Waals surface area contributed by atoms with Gasteiger partial charge in [0.15, 0.2) is 0 Å². The van der Waals surface area contributed by atoms with Crippen molar-refractivity contribution in [2.24, 2.45) is 5.92 Å². The zero-order valence-corrected chi connectivity index (χ0v) is 9.54. The third-order valence-corrected chi connectivity index (χ3v) is 3.03. The van der Waals surface area contributed by atoms with Crippen LogP contribution in [-0.2, 0) is 4.79 Å². The van der Waals surface area contributed by atoms with Crippen LogP contribution < -0.4 is 0 Å². The van der Waals surface area contributed by atoms with Crippen LogP contribution in [0.4, 0.5) is 0 Å². The molecule has 1 aliphatic rings. The number of carboxylic acids is 1. The minimum absolute atomic E-state index is 0.342. The van der Waals surface area contributed by atoms with E-state index in [2.05, 4.69) is 18.4 Å². The zero-order valence-electron chi connectivity index (χ0n) is 9.54. The van der Waals surface area contributed by atoms with Crippen LogP contribution in [0.1, 0.15) is 32.6 Å². The van der Waals surface area contributed by atoms with Crippen LogP contribution in [-0.4, -0.2) is 35.6 Å². The standard InChI is InChI=1S/C12H21NO2/c1-10(2)3-6-13-7-4-11(5-8-13)9-12(14)15/h11H,1,3-9H2,2H3,(H,14,15). The maximum absolute atomic E-state index is 10.5. The predicted octanol–water partition coefficient (Wildman–Crippen LogP) is 2.14. The predicted molar refractivity (Wildman–Crippen MR) is 60.8 cm³/mol. The number of nitrogens with zero attached hydrogens (tertiary/aromatic N) is 1. The average Bonchev–Trinajstić information content (AvgIpc) is 2.16. The summed E-state index contributed by atoms with van der Waals surface area (Å²) in [7, 11) is 0. The number of rotatable bonds is 5. The summed E-state index contributed by atoms with van der Waals surface area (Å²) in [4.78, 5) is 12.9. The Hall–Kier alpha value is -0.830. The van der Waals surface area contributed by atoms with Crippen molar-refractivity contribution >= 4 is 5.97 Å². The number of hydrogen-bond acceptors (Lipinski definition) is 2. The molecule has 0 amide bonds. The van der Waals surface area contributed by atoms with Gasteiger partial charge in [0, 0.05) is 13.0 Å². The van der Waals surface area contributed by atoms with E-state index in [1.807, 2.05) is 0 Å². The average molecular weight is 211 g/mol. The Balaban J connectivity index is 2.18. The lowest BCUT2D eigenvalue weighted by atomic mass is 9.93. The first-order valence-corrected chi connectivity index (χ1v) is 5.66. The van der Waals surface area contributed by atoms with Crippen molar-refractivity contribution in [2.45, 2.75) is 32.6 Å². The quantitative estimate of drug-likeness (QED) is 0.708. The summed E-state index contributed by atoms with van der Waals surface area (Å²) < 4.78 is 0. The first kappa shape index (κ1) is 12.2. The lowest BCUT2D eigenvalue weighted by molar-refractivity contribution is -0.138. The smallest absolute Gasteiger partial charge is 0.303 e. The molecular formula is C12H21NO2. The maximum Gasteiger partial charge on any atom is 0.303 e. The number of hydrogen-bond donors (Lipinski definition) is 1. The van der Waals surface area contributed by atoms with E-state index < -0.39 is 5.97 Å². The van der Waals surface area contributed by atoms with Crippen molar-refractivity contribution in [2.75, 3.05) is 19.6 Å². The van der Waals surface area contributed by atoms with Crippen LogP contribution in [0.25, 0.3) is 0 Å². The van der Waals surface area contributed by atoms with E-state index in [9.17, 15) is 4.79 Å². The highest BCUT2D eigenvalue weighted by Gasteiger charge is 2.20. The largest absolute Gasteiger partial charge is 0.481 e. The topological polar surface area (TPSA) is 40.5 Å². The highest BCUT2D eigenvalue weighted by Crippen LogP contribution is 2.20. The fraction of sp³-hybridized carbons (Fsp3) is 0.750. The fourth-order valence-electron chi connectivity index (χ4n) is 2.01. The summed E-state index contributed by atoms with van der Waals surface area (Å²) in [6, 6.07) is 0. The van der Waals surface area contributed by atoms with Crippen LogP contribution in [0.15, 0.2) is 12.2 Å². The van der Waals surface area contributed by atoms with Gasteiger partial charge in [0.1, 0.15) is 0 Å². The molecule has 3 heteroatoms. The third-order valence-electron chi connectivity index (χ3n) is 3.03. The first-order valence-electron chi connectivity index (χ1n) is 5.66. The minimum Gasteiger partial charge on any atom is -0.481 e.